The Morgan fingerprint density at radius 1 is 1.64 bits per heavy atom. The number of nitrogens with zero attached hydrogens (tertiary/aromatic N) is 2. The lowest BCUT2D eigenvalue weighted by Crippen LogP contribution is -2.53. The van der Waals surface area contributed by atoms with Crippen LogP contribution in [0.4, 0.5) is 0 Å². The lowest BCUT2D eigenvalue weighted by atomic mass is 9.91. The van der Waals surface area contributed by atoms with Crippen molar-refractivity contribution >= 4 is 0 Å². The zero-order valence-electron chi connectivity index (χ0n) is 7.22. The van der Waals surface area contributed by atoms with Crippen LogP contribution in [0.5, 0.6) is 0 Å². The predicted molar refractivity (Wildman–Crippen MR) is 44.1 cm³/mol. The molecule has 0 spiro atoms. The summed E-state index contributed by atoms with van der Waals surface area (Å²) in [5.74, 6) is 0. The van der Waals surface area contributed by atoms with Crippen LogP contribution in [0.3, 0.4) is 0 Å². The molecule has 0 aromatic carbocycles. The normalized spacial score (nSPS) is 33.2. The molecule has 0 amide bonds. The van der Waals surface area contributed by atoms with E-state index in [0.717, 1.165) is 25.9 Å². The van der Waals surface area contributed by atoms with Crippen molar-refractivity contribution in [2.24, 2.45) is 0 Å². The Labute approximate surface area is 68.0 Å². The van der Waals surface area contributed by atoms with Crippen LogP contribution in [0, 0.1) is 11.3 Å². The molecule has 0 aromatic rings. The van der Waals surface area contributed by atoms with Gasteiger partial charge in [0.15, 0.2) is 0 Å². The van der Waals surface area contributed by atoms with E-state index in [4.69, 9.17) is 5.26 Å². The second kappa shape index (κ2) is 3.21. The van der Waals surface area contributed by atoms with Crippen LogP contribution in [0.25, 0.3) is 0 Å². The van der Waals surface area contributed by atoms with Gasteiger partial charge in [-0.2, -0.15) is 5.26 Å². The summed E-state index contributed by atoms with van der Waals surface area (Å²) in [4.78, 5) is 2.20. The monoisotopic (exact) mass is 153 g/mol. The van der Waals surface area contributed by atoms with E-state index in [1.165, 1.54) is 0 Å². The van der Waals surface area contributed by atoms with Crippen LogP contribution in [-0.4, -0.2) is 37.6 Å². The summed E-state index contributed by atoms with van der Waals surface area (Å²) < 4.78 is 0. The van der Waals surface area contributed by atoms with Gasteiger partial charge in [-0.15, -0.1) is 0 Å². The Hall–Kier alpha value is -0.590. The summed E-state index contributed by atoms with van der Waals surface area (Å²) in [5, 5.41) is 12.0. The van der Waals surface area contributed by atoms with Gasteiger partial charge in [0.2, 0.25) is 0 Å². The molecule has 62 valence electrons. The molecule has 1 aliphatic rings. The standard InChI is InChI=1S/C8H15N3/c1-10-8(6-9)4-3-5-11(2)7-8/h10H,3-5,7H2,1-2H3. The van der Waals surface area contributed by atoms with Crippen molar-refractivity contribution in [3.63, 3.8) is 0 Å². The molecule has 0 radical (unpaired) electrons. The number of piperidine rings is 1. The first-order valence-corrected chi connectivity index (χ1v) is 4.01. The summed E-state index contributed by atoms with van der Waals surface area (Å²) in [6.45, 7) is 1.96. The van der Waals surface area contributed by atoms with Crippen LogP contribution in [0.1, 0.15) is 12.8 Å². The number of nitrogens with one attached hydrogen (secondary N) is 1. The number of hydrogen-bond donors (Lipinski definition) is 1. The third kappa shape index (κ3) is 1.70. The largest absolute Gasteiger partial charge is 0.303 e. The van der Waals surface area contributed by atoms with Gasteiger partial charge in [0.1, 0.15) is 5.54 Å². The molecule has 0 aromatic heterocycles. The first kappa shape index (κ1) is 8.51. The van der Waals surface area contributed by atoms with Crippen LogP contribution in [0.15, 0.2) is 0 Å². The lowest BCUT2D eigenvalue weighted by Gasteiger charge is -2.35. The van der Waals surface area contributed by atoms with Crippen LogP contribution in [-0.2, 0) is 0 Å². The van der Waals surface area contributed by atoms with Gasteiger partial charge in [-0.1, -0.05) is 0 Å². The Morgan fingerprint density at radius 2 is 2.36 bits per heavy atom. The maximum absolute atomic E-state index is 8.92. The molecular weight excluding hydrogens is 138 g/mol. The van der Waals surface area contributed by atoms with Crippen LogP contribution < -0.4 is 5.32 Å². The summed E-state index contributed by atoms with van der Waals surface area (Å²) >= 11 is 0. The van der Waals surface area contributed by atoms with Gasteiger partial charge in [-0.05, 0) is 33.5 Å². The highest BCUT2D eigenvalue weighted by molar-refractivity contribution is 5.09. The molecule has 1 atom stereocenters. The van der Waals surface area contributed by atoms with Gasteiger partial charge in [0.25, 0.3) is 0 Å². The topological polar surface area (TPSA) is 39.1 Å². The summed E-state index contributed by atoms with van der Waals surface area (Å²) in [6, 6.07) is 2.34. The van der Waals surface area contributed by atoms with E-state index in [2.05, 4.69) is 23.3 Å². The Kier molecular flexibility index (Phi) is 2.48. The molecule has 1 N–H and O–H groups in total. The lowest BCUT2D eigenvalue weighted by molar-refractivity contribution is 0.192. The van der Waals surface area contributed by atoms with Crippen molar-refractivity contribution in [3.8, 4) is 6.07 Å². The second-order valence-electron chi connectivity index (χ2n) is 3.29. The Morgan fingerprint density at radius 3 is 2.73 bits per heavy atom. The van der Waals surface area contributed by atoms with E-state index in [9.17, 15) is 0 Å². The zero-order chi connectivity index (χ0) is 8.32. The van der Waals surface area contributed by atoms with Crippen molar-refractivity contribution < 1.29 is 0 Å². The fraction of sp³-hybridized carbons (Fsp3) is 0.875. The molecule has 0 bridgehead atoms. The number of rotatable bonds is 1. The van der Waals surface area contributed by atoms with Gasteiger partial charge >= 0.3 is 0 Å². The molecule has 3 heteroatoms. The molecule has 1 unspecified atom stereocenters. The van der Waals surface area contributed by atoms with Crippen molar-refractivity contribution in [2.45, 2.75) is 18.4 Å². The maximum atomic E-state index is 8.92. The van der Waals surface area contributed by atoms with E-state index in [0.29, 0.717) is 0 Å². The number of likely N-dealkylation sites (tertiary alicyclic amines) is 1. The Bertz CT molecular complexity index is 173. The van der Waals surface area contributed by atoms with Crippen molar-refractivity contribution in [1.29, 1.82) is 5.26 Å². The molecule has 1 rings (SSSR count). The molecule has 3 nitrogen and oxygen atoms in total. The predicted octanol–water partition coefficient (Wildman–Crippen LogP) is 0.194. The highest BCUT2D eigenvalue weighted by atomic mass is 15.2. The summed E-state index contributed by atoms with van der Waals surface area (Å²) in [7, 11) is 3.92. The fourth-order valence-corrected chi connectivity index (χ4v) is 1.62. The quantitative estimate of drug-likeness (QED) is 0.584. The maximum Gasteiger partial charge on any atom is 0.119 e. The van der Waals surface area contributed by atoms with Gasteiger partial charge in [-0.25, -0.2) is 0 Å². The van der Waals surface area contributed by atoms with Crippen molar-refractivity contribution in [1.82, 2.24) is 10.2 Å². The number of hydrogen-bond acceptors (Lipinski definition) is 3. The van der Waals surface area contributed by atoms with Crippen molar-refractivity contribution in [2.75, 3.05) is 27.2 Å². The van der Waals surface area contributed by atoms with Crippen LogP contribution in [0.2, 0.25) is 0 Å². The second-order valence-corrected chi connectivity index (χ2v) is 3.29. The highest BCUT2D eigenvalue weighted by Crippen LogP contribution is 2.18. The van der Waals surface area contributed by atoms with Gasteiger partial charge in [0.05, 0.1) is 6.07 Å². The fourth-order valence-electron chi connectivity index (χ4n) is 1.62. The highest BCUT2D eigenvalue weighted by Gasteiger charge is 2.32. The Balaban J connectivity index is 2.62. The molecule has 1 aliphatic heterocycles. The first-order chi connectivity index (χ1) is 5.22. The molecule has 1 heterocycles. The van der Waals surface area contributed by atoms with E-state index in [1.54, 1.807) is 0 Å². The zero-order valence-corrected chi connectivity index (χ0v) is 7.22. The van der Waals surface area contributed by atoms with E-state index in [-0.39, 0.29) is 5.54 Å². The SMILES string of the molecule is CNC1(C#N)CCCN(C)C1. The average molecular weight is 153 g/mol. The van der Waals surface area contributed by atoms with E-state index in [1.807, 2.05) is 7.05 Å². The summed E-state index contributed by atoms with van der Waals surface area (Å²) in [5.41, 5.74) is -0.285. The number of likely N-dealkylation sites (N-methyl/N-ethyl adjacent to an activating group) is 2. The number of nitriles is 1. The minimum absolute atomic E-state index is 0.285. The third-order valence-corrected chi connectivity index (χ3v) is 2.38. The molecule has 1 fully saturated rings. The third-order valence-electron chi connectivity index (χ3n) is 2.38. The molecule has 1 saturated heterocycles. The van der Waals surface area contributed by atoms with Crippen molar-refractivity contribution in [3.05, 3.63) is 0 Å². The smallest absolute Gasteiger partial charge is 0.119 e. The minimum atomic E-state index is -0.285. The van der Waals surface area contributed by atoms with Crippen LogP contribution >= 0.6 is 0 Å². The van der Waals surface area contributed by atoms with E-state index < -0.39 is 0 Å². The summed E-state index contributed by atoms with van der Waals surface area (Å²) in [6.07, 6.45) is 2.09. The molecule has 0 aliphatic carbocycles. The van der Waals surface area contributed by atoms with Gasteiger partial charge in [-0.3, -0.25) is 0 Å². The minimum Gasteiger partial charge on any atom is -0.303 e. The molecule has 0 saturated carbocycles. The molecular formula is C8H15N3. The van der Waals surface area contributed by atoms with Gasteiger partial charge < -0.3 is 10.2 Å². The average Bonchev–Trinajstić information content (AvgIpc) is 2.04. The first-order valence-electron chi connectivity index (χ1n) is 4.01. The van der Waals surface area contributed by atoms with Gasteiger partial charge in [0, 0.05) is 6.54 Å². The molecule has 11 heavy (non-hydrogen) atoms. The van der Waals surface area contributed by atoms with E-state index >= 15 is 0 Å².